The van der Waals surface area contributed by atoms with E-state index in [1.807, 2.05) is 44.2 Å². The first-order valence-electron chi connectivity index (χ1n) is 13.4. The summed E-state index contributed by atoms with van der Waals surface area (Å²) in [6.07, 6.45) is 6.90. The van der Waals surface area contributed by atoms with Gasteiger partial charge in [-0.25, -0.2) is 14.4 Å². The maximum Gasteiger partial charge on any atom is 0.338 e. The van der Waals surface area contributed by atoms with Gasteiger partial charge in [0.2, 0.25) is 0 Å². The lowest BCUT2D eigenvalue weighted by atomic mass is 10.00. The molecular weight excluding hydrogens is 536 g/mol. The monoisotopic (exact) mass is 570 g/mol. The number of fused-ring (bicyclic) bond motifs is 1. The quantitative estimate of drug-likeness (QED) is 0.232. The summed E-state index contributed by atoms with van der Waals surface area (Å²) in [5.74, 6) is 0.209. The minimum atomic E-state index is -0.522. The number of benzene rings is 3. The van der Waals surface area contributed by atoms with Crippen LogP contribution in [0.25, 0.3) is 12.2 Å². The van der Waals surface area contributed by atoms with Gasteiger partial charge in [0.1, 0.15) is 5.60 Å². The smallest absolute Gasteiger partial charge is 0.338 e. The molecule has 1 aliphatic rings. The molecule has 9 nitrogen and oxygen atoms in total. The first-order chi connectivity index (χ1) is 20.1. The Balaban J connectivity index is 1.69. The van der Waals surface area contributed by atoms with Gasteiger partial charge in [-0.15, -0.1) is 0 Å². The molecule has 42 heavy (non-hydrogen) atoms. The molecule has 0 aromatic heterocycles. The van der Waals surface area contributed by atoms with Crippen molar-refractivity contribution in [1.82, 2.24) is 0 Å². The molecule has 2 amide bonds. The second kappa shape index (κ2) is 13.1. The molecule has 0 spiro atoms. The van der Waals surface area contributed by atoms with Crippen LogP contribution in [-0.2, 0) is 20.8 Å². The Bertz CT molecular complexity index is 1520. The van der Waals surface area contributed by atoms with Crippen molar-refractivity contribution in [3.63, 3.8) is 0 Å². The summed E-state index contributed by atoms with van der Waals surface area (Å²) < 4.78 is 21.8. The highest BCUT2D eigenvalue weighted by molar-refractivity contribution is 6.02. The molecule has 0 aliphatic carbocycles. The average molecular weight is 571 g/mol. The molecule has 3 aromatic carbocycles. The van der Waals surface area contributed by atoms with E-state index < -0.39 is 23.6 Å². The van der Waals surface area contributed by atoms with Gasteiger partial charge >= 0.3 is 18.0 Å². The fourth-order valence-electron chi connectivity index (χ4n) is 4.37. The van der Waals surface area contributed by atoms with Crippen LogP contribution in [0.4, 0.5) is 16.2 Å². The van der Waals surface area contributed by atoms with E-state index in [1.54, 1.807) is 67.5 Å². The minimum absolute atomic E-state index is 0.140. The average Bonchev–Trinajstić information content (AvgIpc) is 2.98. The molecule has 4 rings (SSSR count). The molecule has 9 heteroatoms. The summed E-state index contributed by atoms with van der Waals surface area (Å²) >= 11 is 0. The van der Waals surface area contributed by atoms with E-state index in [2.05, 4.69) is 5.32 Å². The van der Waals surface area contributed by atoms with Crippen molar-refractivity contribution in [3.05, 3.63) is 95.1 Å². The molecule has 1 aliphatic heterocycles. The zero-order valence-corrected chi connectivity index (χ0v) is 24.3. The summed E-state index contributed by atoms with van der Waals surface area (Å²) in [6, 6.07) is 17.1. The molecule has 0 radical (unpaired) electrons. The van der Waals surface area contributed by atoms with Gasteiger partial charge in [-0.3, -0.25) is 4.90 Å². The first-order valence-corrected chi connectivity index (χ1v) is 13.4. The highest BCUT2D eigenvalue weighted by atomic mass is 16.5. The number of amides is 2. The standard InChI is InChI=1S/C33H34N2O7/c1-6-41-31(37)24-13-15-26(16-14-24)34-32(38)35(27-9-7-8-22(20-27)10-17-28(36)39-4)21-25-12-11-23-18-19-33(2,3)42-30(23)29(25)40-5/h7-20H,6,21H2,1-5H3,(H,34,38)/b17-10+. The predicted octanol–water partition coefficient (Wildman–Crippen LogP) is 6.48. The van der Waals surface area contributed by atoms with E-state index in [-0.39, 0.29) is 13.2 Å². The Labute approximate surface area is 245 Å². The summed E-state index contributed by atoms with van der Waals surface area (Å²) in [5.41, 5.74) is 3.23. The number of rotatable bonds is 9. The molecule has 1 heterocycles. The van der Waals surface area contributed by atoms with Gasteiger partial charge in [0.15, 0.2) is 11.5 Å². The van der Waals surface area contributed by atoms with Gasteiger partial charge < -0.3 is 24.3 Å². The minimum Gasteiger partial charge on any atom is -0.492 e. The molecule has 0 saturated heterocycles. The van der Waals surface area contributed by atoms with Crippen LogP contribution >= 0.6 is 0 Å². The molecule has 0 unspecified atom stereocenters. The van der Waals surface area contributed by atoms with Crippen LogP contribution in [0.1, 0.15) is 47.8 Å². The lowest BCUT2D eigenvalue weighted by Gasteiger charge is -2.31. The van der Waals surface area contributed by atoms with E-state index >= 15 is 0 Å². The van der Waals surface area contributed by atoms with Crippen molar-refractivity contribution < 1.29 is 33.3 Å². The van der Waals surface area contributed by atoms with Crippen molar-refractivity contribution in [3.8, 4) is 11.5 Å². The van der Waals surface area contributed by atoms with Gasteiger partial charge in [-0.1, -0.05) is 30.3 Å². The lowest BCUT2D eigenvalue weighted by Crippen LogP contribution is -2.35. The number of hydrogen-bond donors (Lipinski definition) is 1. The molecular formula is C33H34N2O7. The summed E-state index contributed by atoms with van der Waals surface area (Å²) in [6.45, 7) is 6.06. The number of nitrogens with one attached hydrogen (secondary N) is 1. The summed E-state index contributed by atoms with van der Waals surface area (Å²) in [7, 11) is 2.88. The third kappa shape index (κ3) is 7.17. The van der Waals surface area contributed by atoms with Gasteiger partial charge in [0.25, 0.3) is 0 Å². The van der Waals surface area contributed by atoms with Crippen molar-refractivity contribution in [1.29, 1.82) is 0 Å². The maximum atomic E-state index is 13.8. The van der Waals surface area contributed by atoms with Crippen LogP contribution in [0, 0.1) is 0 Å². The number of hydrogen-bond acceptors (Lipinski definition) is 7. The Morgan fingerprint density at radius 3 is 2.48 bits per heavy atom. The Morgan fingerprint density at radius 2 is 1.79 bits per heavy atom. The van der Waals surface area contributed by atoms with Crippen LogP contribution in [-0.4, -0.2) is 44.4 Å². The van der Waals surface area contributed by atoms with Crippen molar-refractivity contribution in [2.75, 3.05) is 31.0 Å². The molecule has 1 N–H and O–H groups in total. The normalized spacial score (nSPS) is 13.1. The van der Waals surface area contributed by atoms with Gasteiger partial charge in [-0.05, 0) is 74.9 Å². The maximum absolute atomic E-state index is 13.8. The Morgan fingerprint density at radius 1 is 1.02 bits per heavy atom. The predicted molar refractivity (Wildman–Crippen MR) is 162 cm³/mol. The molecule has 0 fully saturated rings. The topological polar surface area (TPSA) is 103 Å². The third-order valence-corrected chi connectivity index (χ3v) is 6.47. The number of carbonyl (C=O) groups excluding carboxylic acids is 3. The number of anilines is 2. The molecule has 0 saturated carbocycles. The number of urea groups is 1. The zero-order valence-electron chi connectivity index (χ0n) is 24.3. The Hall–Kier alpha value is -5.05. The van der Waals surface area contributed by atoms with Crippen LogP contribution in [0.5, 0.6) is 11.5 Å². The Kier molecular flexibility index (Phi) is 9.32. The number of methoxy groups -OCH3 is 2. The highest BCUT2D eigenvalue weighted by Crippen LogP contribution is 2.42. The largest absolute Gasteiger partial charge is 0.492 e. The molecule has 0 bridgehead atoms. The van der Waals surface area contributed by atoms with Gasteiger partial charge in [-0.2, -0.15) is 0 Å². The fraction of sp³-hybridized carbons (Fsp3) is 0.242. The van der Waals surface area contributed by atoms with Crippen LogP contribution < -0.4 is 19.7 Å². The van der Waals surface area contributed by atoms with E-state index in [4.69, 9.17) is 18.9 Å². The van der Waals surface area contributed by atoms with Crippen molar-refractivity contribution in [2.24, 2.45) is 0 Å². The SMILES string of the molecule is CCOC(=O)c1ccc(NC(=O)N(Cc2ccc3c(c2OC)OC(C)(C)C=C3)c2cccc(/C=C/C(=O)OC)c2)cc1. The second-order valence-electron chi connectivity index (χ2n) is 9.98. The molecule has 0 atom stereocenters. The second-order valence-corrected chi connectivity index (χ2v) is 9.98. The van der Waals surface area contributed by atoms with Crippen LogP contribution in [0.15, 0.2) is 72.8 Å². The highest BCUT2D eigenvalue weighted by Gasteiger charge is 2.27. The number of carbonyl (C=O) groups is 3. The first kappa shape index (κ1) is 29.9. The fourth-order valence-corrected chi connectivity index (χ4v) is 4.37. The van der Waals surface area contributed by atoms with Crippen molar-refractivity contribution >= 4 is 41.5 Å². The van der Waals surface area contributed by atoms with Gasteiger partial charge in [0, 0.05) is 28.6 Å². The van der Waals surface area contributed by atoms with E-state index in [9.17, 15) is 14.4 Å². The van der Waals surface area contributed by atoms with Crippen LogP contribution in [0.2, 0.25) is 0 Å². The summed E-state index contributed by atoms with van der Waals surface area (Å²) in [4.78, 5) is 39.1. The number of nitrogens with zero attached hydrogens (tertiary/aromatic N) is 1. The van der Waals surface area contributed by atoms with E-state index in [1.165, 1.54) is 13.2 Å². The molecule has 218 valence electrons. The summed E-state index contributed by atoms with van der Waals surface area (Å²) in [5, 5.41) is 2.91. The van der Waals surface area contributed by atoms with E-state index in [0.717, 1.165) is 11.1 Å². The van der Waals surface area contributed by atoms with Crippen LogP contribution in [0.3, 0.4) is 0 Å². The van der Waals surface area contributed by atoms with Gasteiger partial charge in [0.05, 0.1) is 32.9 Å². The van der Waals surface area contributed by atoms with E-state index in [0.29, 0.717) is 34.0 Å². The molecule has 3 aromatic rings. The third-order valence-electron chi connectivity index (χ3n) is 6.47. The zero-order chi connectivity index (χ0) is 30.3. The van der Waals surface area contributed by atoms with Crippen molar-refractivity contribution in [2.45, 2.75) is 32.9 Å². The number of esters is 2. The lowest BCUT2D eigenvalue weighted by molar-refractivity contribution is -0.134. The number of ether oxygens (including phenoxy) is 4.